The van der Waals surface area contributed by atoms with E-state index in [1.165, 1.54) is 6.07 Å². The molecule has 2 aromatic rings. The van der Waals surface area contributed by atoms with E-state index in [-0.39, 0.29) is 11.4 Å². The van der Waals surface area contributed by atoms with Crippen LogP contribution in [0.1, 0.15) is 6.42 Å². The van der Waals surface area contributed by atoms with E-state index in [9.17, 15) is 8.42 Å². The van der Waals surface area contributed by atoms with Crippen LogP contribution in [0.25, 0.3) is 10.9 Å². The number of aromatic nitrogens is 1. The maximum Gasteiger partial charge on any atom is 0.240 e. The quantitative estimate of drug-likeness (QED) is 0.534. The minimum atomic E-state index is -3.54. The summed E-state index contributed by atoms with van der Waals surface area (Å²) in [5.41, 5.74) is 0.648. The van der Waals surface area contributed by atoms with Gasteiger partial charge in [0, 0.05) is 18.4 Å². The Kier molecular flexibility index (Phi) is 4.05. The SMILES string of the molecule is C#CCCNS(=O)(=O)c1ccc2nc(Cl)ccc2c1. The summed E-state index contributed by atoms with van der Waals surface area (Å²) in [6.45, 7) is 0.218. The number of hydrogen-bond donors (Lipinski definition) is 1. The number of benzene rings is 1. The number of sulfonamides is 1. The second-order valence-electron chi connectivity index (χ2n) is 3.84. The Morgan fingerprint density at radius 1 is 1.32 bits per heavy atom. The summed E-state index contributed by atoms with van der Waals surface area (Å²) in [7, 11) is -3.54. The first-order valence-corrected chi connectivity index (χ1v) is 7.38. The first kappa shape index (κ1) is 13.8. The van der Waals surface area contributed by atoms with Gasteiger partial charge in [-0.1, -0.05) is 11.6 Å². The van der Waals surface area contributed by atoms with Gasteiger partial charge in [-0.25, -0.2) is 18.1 Å². The first-order valence-electron chi connectivity index (χ1n) is 5.52. The highest BCUT2D eigenvalue weighted by Crippen LogP contribution is 2.19. The number of rotatable bonds is 4. The summed E-state index contributed by atoms with van der Waals surface area (Å²) in [5.74, 6) is 2.38. The van der Waals surface area contributed by atoms with E-state index in [4.69, 9.17) is 18.0 Å². The predicted molar refractivity (Wildman–Crippen MR) is 75.4 cm³/mol. The van der Waals surface area contributed by atoms with E-state index in [0.29, 0.717) is 22.5 Å². The highest BCUT2D eigenvalue weighted by Gasteiger charge is 2.13. The summed E-state index contributed by atoms with van der Waals surface area (Å²) in [6.07, 6.45) is 5.43. The van der Waals surface area contributed by atoms with Crippen molar-refractivity contribution in [2.24, 2.45) is 0 Å². The molecule has 2 rings (SSSR count). The lowest BCUT2D eigenvalue weighted by atomic mass is 10.2. The summed E-state index contributed by atoms with van der Waals surface area (Å²) in [4.78, 5) is 4.28. The number of nitrogens with zero attached hydrogens (tertiary/aromatic N) is 1. The van der Waals surface area contributed by atoms with Crippen molar-refractivity contribution in [3.8, 4) is 12.3 Å². The molecular weight excluding hydrogens is 284 g/mol. The van der Waals surface area contributed by atoms with Crippen LogP contribution >= 0.6 is 11.6 Å². The van der Waals surface area contributed by atoms with Crippen molar-refractivity contribution in [1.29, 1.82) is 0 Å². The minimum Gasteiger partial charge on any atom is -0.236 e. The second kappa shape index (κ2) is 5.57. The smallest absolute Gasteiger partial charge is 0.236 e. The topological polar surface area (TPSA) is 59.1 Å². The van der Waals surface area contributed by atoms with Gasteiger partial charge in [0.15, 0.2) is 0 Å². The summed E-state index contributed by atoms with van der Waals surface area (Å²) in [6, 6.07) is 8.01. The molecule has 0 atom stereocenters. The van der Waals surface area contributed by atoms with Crippen molar-refractivity contribution in [2.45, 2.75) is 11.3 Å². The van der Waals surface area contributed by atoms with Crippen LogP contribution in [0.3, 0.4) is 0 Å². The van der Waals surface area contributed by atoms with E-state index in [1.54, 1.807) is 24.3 Å². The molecule has 0 saturated heterocycles. The summed E-state index contributed by atoms with van der Waals surface area (Å²) < 4.78 is 26.4. The largest absolute Gasteiger partial charge is 0.240 e. The lowest BCUT2D eigenvalue weighted by Crippen LogP contribution is -2.24. The minimum absolute atomic E-state index is 0.182. The maximum atomic E-state index is 12.0. The Balaban J connectivity index is 2.35. The number of hydrogen-bond acceptors (Lipinski definition) is 3. The molecule has 0 radical (unpaired) electrons. The van der Waals surface area contributed by atoms with Gasteiger partial charge in [-0.2, -0.15) is 0 Å². The van der Waals surface area contributed by atoms with Crippen LogP contribution in [-0.2, 0) is 10.0 Å². The van der Waals surface area contributed by atoms with Crippen molar-refractivity contribution in [2.75, 3.05) is 6.54 Å². The van der Waals surface area contributed by atoms with Crippen LogP contribution in [0.2, 0.25) is 5.15 Å². The van der Waals surface area contributed by atoms with Gasteiger partial charge >= 0.3 is 0 Å². The second-order valence-corrected chi connectivity index (χ2v) is 5.99. The molecule has 0 aliphatic carbocycles. The highest BCUT2D eigenvalue weighted by atomic mass is 35.5. The van der Waals surface area contributed by atoms with Gasteiger partial charge in [-0.3, -0.25) is 0 Å². The van der Waals surface area contributed by atoms with E-state index in [0.717, 1.165) is 0 Å². The van der Waals surface area contributed by atoms with E-state index >= 15 is 0 Å². The van der Waals surface area contributed by atoms with Crippen LogP contribution in [0.4, 0.5) is 0 Å². The third-order valence-corrected chi connectivity index (χ3v) is 4.17. The van der Waals surface area contributed by atoms with Crippen molar-refractivity contribution in [3.05, 3.63) is 35.5 Å². The van der Waals surface area contributed by atoms with Gasteiger partial charge in [0.05, 0.1) is 10.4 Å². The molecule has 0 unspecified atom stereocenters. The third-order valence-electron chi connectivity index (χ3n) is 2.50. The lowest BCUT2D eigenvalue weighted by molar-refractivity contribution is 0.582. The normalized spacial score (nSPS) is 11.4. The zero-order valence-electron chi connectivity index (χ0n) is 9.93. The lowest BCUT2D eigenvalue weighted by Gasteiger charge is -2.06. The van der Waals surface area contributed by atoms with Crippen LogP contribution < -0.4 is 4.72 Å². The fourth-order valence-corrected chi connectivity index (χ4v) is 2.81. The number of nitrogens with one attached hydrogen (secondary N) is 1. The molecule has 0 amide bonds. The molecule has 4 nitrogen and oxygen atoms in total. The van der Waals surface area contributed by atoms with Crippen molar-refractivity contribution >= 4 is 32.5 Å². The molecule has 0 aliphatic rings. The zero-order chi connectivity index (χ0) is 13.9. The van der Waals surface area contributed by atoms with E-state index < -0.39 is 10.0 Å². The molecule has 19 heavy (non-hydrogen) atoms. The maximum absolute atomic E-state index is 12.0. The molecule has 0 saturated carbocycles. The molecule has 0 bridgehead atoms. The third kappa shape index (κ3) is 3.24. The summed E-state index contributed by atoms with van der Waals surface area (Å²) in [5, 5.41) is 1.08. The highest BCUT2D eigenvalue weighted by molar-refractivity contribution is 7.89. The molecule has 1 aromatic heterocycles. The average molecular weight is 295 g/mol. The van der Waals surface area contributed by atoms with Crippen LogP contribution in [-0.4, -0.2) is 19.9 Å². The Morgan fingerprint density at radius 3 is 2.84 bits per heavy atom. The monoisotopic (exact) mass is 294 g/mol. The molecule has 1 heterocycles. The molecule has 0 fully saturated rings. The van der Waals surface area contributed by atoms with Gasteiger partial charge in [0.2, 0.25) is 10.0 Å². The Morgan fingerprint density at radius 2 is 2.11 bits per heavy atom. The standard InChI is InChI=1S/C13H11ClN2O2S/c1-2-3-8-15-19(17,18)11-5-6-12-10(9-11)4-7-13(14)16-12/h1,4-7,9,15H,3,8H2. The van der Waals surface area contributed by atoms with E-state index in [1.807, 2.05) is 0 Å². The van der Waals surface area contributed by atoms with Crippen LogP contribution in [0.5, 0.6) is 0 Å². The van der Waals surface area contributed by atoms with Gasteiger partial charge in [-0.05, 0) is 30.3 Å². The van der Waals surface area contributed by atoms with Crippen LogP contribution in [0, 0.1) is 12.3 Å². The molecule has 0 aliphatic heterocycles. The first-order chi connectivity index (χ1) is 9.03. The van der Waals surface area contributed by atoms with Gasteiger partial charge < -0.3 is 0 Å². The van der Waals surface area contributed by atoms with Crippen LogP contribution in [0.15, 0.2) is 35.2 Å². The Hall–Kier alpha value is -1.61. The molecule has 1 N–H and O–H groups in total. The fraction of sp³-hybridized carbons (Fsp3) is 0.154. The predicted octanol–water partition coefficient (Wildman–Crippen LogP) is 2.19. The fourth-order valence-electron chi connectivity index (χ4n) is 1.59. The molecule has 1 aromatic carbocycles. The Labute approximate surface area is 116 Å². The molecule has 0 spiro atoms. The van der Waals surface area contributed by atoms with Gasteiger partial charge in [0.25, 0.3) is 0 Å². The van der Waals surface area contributed by atoms with Crippen molar-refractivity contribution in [1.82, 2.24) is 9.71 Å². The molecule has 6 heteroatoms. The number of terminal acetylenes is 1. The van der Waals surface area contributed by atoms with Gasteiger partial charge in [0.1, 0.15) is 5.15 Å². The number of pyridine rings is 1. The van der Waals surface area contributed by atoms with Gasteiger partial charge in [-0.15, -0.1) is 12.3 Å². The van der Waals surface area contributed by atoms with Crippen molar-refractivity contribution in [3.63, 3.8) is 0 Å². The average Bonchev–Trinajstić information content (AvgIpc) is 2.38. The number of halogens is 1. The zero-order valence-corrected chi connectivity index (χ0v) is 11.5. The van der Waals surface area contributed by atoms with E-state index in [2.05, 4.69) is 15.6 Å². The molecule has 98 valence electrons. The summed E-state index contributed by atoms with van der Waals surface area (Å²) >= 11 is 5.77. The Bertz CT molecular complexity index is 751. The number of fused-ring (bicyclic) bond motifs is 1. The molecular formula is C13H11ClN2O2S. The van der Waals surface area contributed by atoms with Crippen molar-refractivity contribution < 1.29 is 8.42 Å².